The molecule has 1 fully saturated rings. The molecule has 1 aromatic rings. The molecule has 0 aliphatic heterocycles. The van der Waals surface area contributed by atoms with E-state index in [0.717, 1.165) is 31.2 Å². The molecule has 0 spiro atoms. The molecule has 2 atom stereocenters. The van der Waals surface area contributed by atoms with Crippen molar-refractivity contribution in [3.05, 3.63) is 35.9 Å². The molecule has 2 rings (SSSR count). The van der Waals surface area contributed by atoms with Crippen molar-refractivity contribution >= 4 is 0 Å². The van der Waals surface area contributed by atoms with E-state index in [2.05, 4.69) is 25.2 Å². The fraction of sp³-hybridized carbons (Fsp3) is 0.588. The zero-order chi connectivity index (χ0) is 14.4. The molecule has 2 unspecified atom stereocenters. The van der Waals surface area contributed by atoms with Crippen LogP contribution in [0.3, 0.4) is 0 Å². The van der Waals surface area contributed by atoms with Gasteiger partial charge in [0.05, 0.1) is 18.8 Å². The van der Waals surface area contributed by atoms with Gasteiger partial charge in [0.1, 0.15) is 0 Å². The molecule has 3 heteroatoms. The number of rotatable bonds is 8. The average molecular weight is 272 g/mol. The first-order chi connectivity index (χ1) is 9.70. The van der Waals surface area contributed by atoms with Crippen molar-refractivity contribution in [2.75, 3.05) is 6.61 Å². The molecule has 1 aliphatic rings. The molecule has 0 saturated heterocycles. The topological polar surface area (TPSA) is 45.0 Å². The Morgan fingerprint density at radius 1 is 1.40 bits per heavy atom. The Labute approximate surface area is 121 Å². The molecule has 20 heavy (non-hydrogen) atoms. The minimum Gasteiger partial charge on any atom is -0.375 e. The first-order valence-corrected chi connectivity index (χ1v) is 7.56. The molecule has 0 aromatic heterocycles. The zero-order valence-electron chi connectivity index (χ0n) is 12.4. The lowest BCUT2D eigenvalue weighted by Crippen LogP contribution is -2.47. The number of ether oxygens (including phenoxy) is 1. The van der Waals surface area contributed by atoms with E-state index in [-0.39, 0.29) is 6.10 Å². The first kappa shape index (κ1) is 15.0. The van der Waals surface area contributed by atoms with Gasteiger partial charge in [-0.15, -0.1) is 0 Å². The van der Waals surface area contributed by atoms with Gasteiger partial charge < -0.3 is 4.74 Å². The molecule has 1 aromatic carbocycles. The fourth-order valence-electron chi connectivity index (χ4n) is 2.39. The Hall–Kier alpha value is -1.37. The van der Waals surface area contributed by atoms with Crippen molar-refractivity contribution < 1.29 is 4.74 Å². The lowest BCUT2D eigenvalue weighted by atomic mass is 9.92. The van der Waals surface area contributed by atoms with E-state index in [4.69, 9.17) is 4.74 Å². The van der Waals surface area contributed by atoms with Gasteiger partial charge in [-0.3, -0.25) is 5.32 Å². The summed E-state index contributed by atoms with van der Waals surface area (Å²) in [5.41, 5.74) is 0.280. The highest BCUT2D eigenvalue weighted by Crippen LogP contribution is 2.29. The molecule has 1 saturated carbocycles. The molecule has 0 bridgehead atoms. The Balaban J connectivity index is 2.12. The Kier molecular flexibility index (Phi) is 5.17. The summed E-state index contributed by atoms with van der Waals surface area (Å²) in [4.78, 5) is 0. The van der Waals surface area contributed by atoms with E-state index in [1.54, 1.807) is 0 Å². The van der Waals surface area contributed by atoms with Gasteiger partial charge in [0.25, 0.3) is 0 Å². The lowest BCUT2D eigenvalue weighted by Gasteiger charge is -2.30. The Morgan fingerprint density at radius 3 is 2.65 bits per heavy atom. The van der Waals surface area contributed by atoms with Gasteiger partial charge in [0.2, 0.25) is 0 Å². The van der Waals surface area contributed by atoms with Gasteiger partial charge in [-0.05, 0) is 31.7 Å². The molecule has 3 nitrogen and oxygen atoms in total. The molecule has 1 N–H and O–H groups in total. The predicted molar refractivity (Wildman–Crippen MR) is 80.2 cm³/mol. The van der Waals surface area contributed by atoms with Crippen LogP contribution in [-0.4, -0.2) is 18.8 Å². The highest BCUT2D eigenvalue weighted by Gasteiger charge is 2.38. The molecule has 0 heterocycles. The fourth-order valence-corrected chi connectivity index (χ4v) is 2.39. The molecule has 1 aliphatic carbocycles. The normalized spacial score (nSPS) is 19.1. The van der Waals surface area contributed by atoms with Gasteiger partial charge >= 0.3 is 0 Å². The van der Waals surface area contributed by atoms with Crippen LogP contribution in [0.1, 0.15) is 45.1 Å². The number of hydrogen-bond donors (Lipinski definition) is 1. The third kappa shape index (κ3) is 3.82. The Morgan fingerprint density at radius 2 is 2.10 bits per heavy atom. The van der Waals surface area contributed by atoms with Crippen LogP contribution >= 0.6 is 0 Å². The van der Waals surface area contributed by atoms with E-state index in [9.17, 15) is 5.26 Å². The van der Waals surface area contributed by atoms with E-state index >= 15 is 0 Å². The van der Waals surface area contributed by atoms with Crippen molar-refractivity contribution in [1.82, 2.24) is 5.32 Å². The second-order valence-electron chi connectivity index (χ2n) is 5.71. The van der Waals surface area contributed by atoms with Crippen LogP contribution < -0.4 is 5.32 Å². The van der Waals surface area contributed by atoms with Crippen LogP contribution in [0.25, 0.3) is 0 Å². The summed E-state index contributed by atoms with van der Waals surface area (Å²) in [6, 6.07) is 12.9. The quantitative estimate of drug-likeness (QED) is 0.789. The molecule has 108 valence electrons. The summed E-state index contributed by atoms with van der Waals surface area (Å²) in [5.74, 6) is 0. The van der Waals surface area contributed by atoms with Crippen LogP contribution in [0.2, 0.25) is 0 Å². The van der Waals surface area contributed by atoms with Crippen molar-refractivity contribution in [3.8, 4) is 6.07 Å². The highest BCUT2D eigenvalue weighted by atomic mass is 16.5. The zero-order valence-corrected chi connectivity index (χ0v) is 12.4. The number of benzene rings is 1. The summed E-state index contributed by atoms with van der Waals surface area (Å²) >= 11 is 0. The number of nitriles is 1. The molecular weight excluding hydrogens is 248 g/mol. The maximum Gasteiger partial charge on any atom is 0.156 e. The van der Waals surface area contributed by atoms with Gasteiger partial charge in [0, 0.05) is 6.04 Å². The van der Waals surface area contributed by atoms with Crippen molar-refractivity contribution in [2.24, 2.45) is 0 Å². The van der Waals surface area contributed by atoms with Crippen molar-refractivity contribution in [1.29, 1.82) is 5.26 Å². The number of nitrogens with zero attached hydrogens (tertiary/aromatic N) is 1. The van der Waals surface area contributed by atoms with Crippen LogP contribution in [0.4, 0.5) is 0 Å². The molecular formula is C17H24N2O. The third-order valence-electron chi connectivity index (χ3n) is 3.76. The van der Waals surface area contributed by atoms with E-state index < -0.39 is 5.54 Å². The third-order valence-corrected chi connectivity index (χ3v) is 3.76. The average Bonchev–Trinajstić information content (AvgIpc) is 3.29. The summed E-state index contributed by atoms with van der Waals surface area (Å²) in [5, 5.41) is 13.2. The minimum absolute atomic E-state index is 0.192. The summed E-state index contributed by atoms with van der Waals surface area (Å²) in [6.07, 6.45) is 4.63. The van der Waals surface area contributed by atoms with Crippen LogP contribution in [0, 0.1) is 11.3 Å². The van der Waals surface area contributed by atoms with E-state index in [1.165, 1.54) is 0 Å². The monoisotopic (exact) mass is 272 g/mol. The van der Waals surface area contributed by atoms with Crippen LogP contribution in [0.15, 0.2) is 30.3 Å². The second kappa shape index (κ2) is 6.88. The summed E-state index contributed by atoms with van der Waals surface area (Å²) in [7, 11) is 0. The maximum atomic E-state index is 9.76. The molecule has 0 amide bonds. The SMILES string of the molecule is CCCC(C)OCC(C#N)(NC1CC1)c1ccccc1. The van der Waals surface area contributed by atoms with E-state index in [1.807, 2.05) is 30.3 Å². The number of hydrogen-bond acceptors (Lipinski definition) is 3. The largest absolute Gasteiger partial charge is 0.375 e. The maximum absolute atomic E-state index is 9.76. The summed E-state index contributed by atoms with van der Waals surface area (Å²) in [6.45, 7) is 4.63. The second-order valence-corrected chi connectivity index (χ2v) is 5.71. The molecule has 0 radical (unpaired) electrons. The van der Waals surface area contributed by atoms with E-state index in [0.29, 0.717) is 12.6 Å². The van der Waals surface area contributed by atoms with Crippen molar-refractivity contribution in [2.45, 2.75) is 57.2 Å². The summed E-state index contributed by atoms with van der Waals surface area (Å²) < 4.78 is 5.94. The standard InChI is InChI=1S/C17H24N2O/c1-3-7-14(2)20-13-17(12-18,19-16-10-11-16)15-8-5-4-6-9-15/h4-6,8-9,14,16,19H,3,7,10-11,13H2,1-2H3. The van der Waals surface area contributed by atoms with Gasteiger partial charge in [-0.1, -0.05) is 43.7 Å². The predicted octanol–water partition coefficient (Wildman–Crippen LogP) is 3.36. The van der Waals surface area contributed by atoms with Gasteiger partial charge in [-0.25, -0.2) is 0 Å². The Bertz CT molecular complexity index is 450. The highest BCUT2D eigenvalue weighted by molar-refractivity contribution is 5.32. The first-order valence-electron chi connectivity index (χ1n) is 7.56. The lowest BCUT2D eigenvalue weighted by molar-refractivity contribution is 0.0272. The van der Waals surface area contributed by atoms with Gasteiger partial charge in [-0.2, -0.15) is 5.26 Å². The van der Waals surface area contributed by atoms with Crippen LogP contribution in [0.5, 0.6) is 0 Å². The van der Waals surface area contributed by atoms with Crippen molar-refractivity contribution in [3.63, 3.8) is 0 Å². The number of nitrogens with one attached hydrogen (secondary N) is 1. The van der Waals surface area contributed by atoms with Crippen LogP contribution in [-0.2, 0) is 10.3 Å². The minimum atomic E-state index is -0.718. The van der Waals surface area contributed by atoms with Gasteiger partial charge in [0.15, 0.2) is 5.54 Å². The smallest absolute Gasteiger partial charge is 0.156 e.